The highest BCUT2D eigenvalue weighted by Crippen LogP contribution is 2.32. The molecule has 0 N–H and O–H groups in total. The Morgan fingerprint density at radius 2 is 1.97 bits per heavy atom. The van der Waals surface area contributed by atoms with E-state index >= 15 is 0 Å². The Morgan fingerprint density at radius 3 is 2.66 bits per heavy atom. The topological polar surface area (TPSA) is 70.0 Å². The number of hydrogen-bond acceptors (Lipinski definition) is 7. The third-order valence-corrected chi connectivity index (χ3v) is 5.60. The van der Waals surface area contributed by atoms with Crippen LogP contribution in [0.2, 0.25) is 0 Å². The highest BCUT2D eigenvalue weighted by atomic mass is 16.5. The molecule has 1 aromatic carbocycles. The molecule has 1 saturated heterocycles. The van der Waals surface area contributed by atoms with Crippen LogP contribution < -0.4 is 9.47 Å². The average Bonchev–Trinajstić information content (AvgIpc) is 3.20. The van der Waals surface area contributed by atoms with Crippen LogP contribution in [0.5, 0.6) is 11.5 Å². The molecule has 0 radical (unpaired) electrons. The van der Waals surface area contributed by atoms with Crippen LogP contribution in [0.3, 0.4) is 0 Å². The number of piperazine rings is 1. The number of ether oxygens (including phenoxy) is 2. The van der Waals surface area contributed by atoms with Gasteiger partial charge in [0.15, 0.2) is 11.5 Å². The first kappa shape index (κ1) is 19.3. The number of para-hydroxylation sites is 1. The largest absolute Gasteiger partial charge is 0.493 e. The van der Waals surface area contributed by atoms with Gasteiger partial charge in [-0.05, 0) is 18.6 Å². The third-order valence-electron chi connectivity index (χ3n) is 5.60. The maximum Gasteiger partial charge on any atom is 0.257 e. The number of carbonyl (C=O) groups excluding carboxylic acids is 1. The van der Waals surface area contributed by atoms with E-state index in [9.17, 15) is 4.79 Å². The van der Waals surface area contributed by atoms with Crippen molar-refractivity contribution >= 4 is 18.1 Å². The first-order valence-corrected chi connectivity index (χ1v) is 10.00. The first-order chi connectivity index (χ1) is 14.1. The summed E-state index contributed by atoms with van der Waals surface area (Å²) >= 11 is 0. The SMILES string of the molecule is CC[C@@H]1CN2C=NC(N3CCN(C(=O)c4cccc(OC)c4OC)CC3)=CC2=N1. The van der Waals surface area contributed by atoms with Gasteiger partial charge < -0.3 is 24.2 Å². The van der Waals surface area contributed by atoms with Crippen LogP contribution in [0.25, 0.3) is 0 Å². The van der Waals surface area contributed by atoms with Gasteiger partial charge in [0.1, 0.15) is 11.7 Å². The summed E-state index contributed by atoms with van der Waals surface area (Å²) in [6.07, 6.45) is 4.96. The lowest BCUT2D eigenvalue weighted by Gasteiger charge is -2.37. The van der Waals surface area contributed by atoms with Crippen LogP contribution in [0.15, 0.2) is 40.1 Å². The second kappa shape index (κ2) is 8.14. The minimum atomic E-state index is -0.0429. The van der Waals surface area contributed by atoms with Gasteiger partial charge in [-0.25, -0.2) is 4.99 Å². The van der Waals surface area contributed by atoms with Crippen molar-refractivity contribution < 1.29 is 14.3 Å². The number of carbonyl (C=O) groups is 1. The molecule has 0 aliphatic carbocycles. The van der Waals surface area contributed by atoms with Gasteiger partial charge in [-0.3, -0.25) is 9.79 Å². The molecule has 8 nitrogen and oxygen atoms in total. The molecule has 0 bridgehead atoms. The summed E-state index contributed by atoms with van der Waals surface area (Å²) in [7, 11) is 3.13. The van der Waals surface area contributed by atoms with Gasteiger partial charge in [0.25, 0.3) is 5.91 Å². The van der Waals surface area contributed by atoms with Crippen molar-refractivity contribution in [1.82, 2.24) is 14.7 Å². The van der Waals surface area contributed by atoms with Crippen LogP contribution >= 0.6 is 0 Å². The number of methoxy groups -OCH3 is 2. The Bertz CT molecular complexity index is 871. The maximum atomic E-state index is 13.1. The number of fused-ring (bicyclic) bond motifs is 1. The Kier molecular flexibility index (Phi) is 5.42. The predicted octanol–water partition coefficient (Wildman–Crippen LogP) is 1.84. The molecule has 4 rings (SSSR count). The highest BCUT2D eigenvalue weighted by molar-refractivity contribution is 6.03. The van der Waals surface area contributed by atoms with Crippen LogP contribution in [-0.2, 0) is 0 Å². The average molecular weight is 397 g/mol. The van der Waals surface area contributed by atoms with E-state index < -0.39 is 0 Å². The van der Waals surface area contributed by atoms with E-state index in [1.54, 1.807) is 26.4 Å². The van der Waals surface area contributed by atoms with Crippen LogP contribution in [0.4, 0.5) is 0 Å². The fraction of sp³-hybridized carbons (Fsp3) is 0.476. The molecule has 0 spiro atoms. The van der Waals surface area contributed by atoms with Crippen LogP contribution in [0.1, 0.15) is 23.7 Å². The number of amides is 1. The maximum absolute atomic E-state index is 13.1. The molecule has 1 atom stereocenters. The molecule has 29 heavy (non-hydrogen) atoms. The zero-order chi connectivity index (χ0) is 20.4. The second-order valence-corrected chi connectivity index (χ2v) is 7.27. The smallest absolute Gasteiger partial charge is 0.257 e. The quantitative estimate of drug-likeness (QED) is 0.758. The Labute approximate surface area is 171 Å². The van der Waals surface area contributed by atoms with E-state index in [2.05, 4.69) is 27.8 Å². The Balaban J connectivity index is 1.43. The van der Waals surface area contributed by atoms with Gasteiger partial charge in [0.2, 0.25) is 0 Å². The lowest BCUT2D eigenvalue weighted by Crippen LogP contribution is -2.48. The number of rotatable bonds is 5. The van der Waals surface area contributed by atoms with Gasteiger partial charge in [0, 0.05) is 38.8 Å². The number of aliphatic imine (C=N–C) groups is 2. The standard InChI is InChI=1S/C21H27N5O3/c1-4-15-13-26-14-22-18(12-19(26)23-15)24-8-10-25(11-9-24)21(27)16-6-5-7-17(28-2)20(16)29-3/h5-7,12,14-15H,4,8-11,13H2,1-3H3/t15-/m1/s1. The fourth-order valence-electron chi connectivity index (χ4n) is 3.89. The Morgan fingerprint density at radius 1 is 1.17 bits per heavy atom. The van der Waals surface area contributed by atoms with Crippen molar-refractivity contribution in [3.05, 3.63) is 35.7 Å². The summed E-state index contributed by atoms with van der Waals surface area (Å²) in [4.78, 5) is 28.6. The number of amidine groups is 1. The summed E-state index contributed by atoms with van der Waals surface area (Å²) in [5.41, 5.74) is 0.525. The molecule has 8 heteroatoms. The molecule has 1 amide bonds. The van der Waals surface area contributed by atoms with Gasteiger partial charge in [-0.1, -0.05) is 13.0 Å². The third kappa shape index (κ3) is 3.66. The molecule has 0 saturated carbocycles. The van der Waals surface area contributed by atoms with Crippen molar-refractivity contribution in [2.45, 2.75) is 19.4 Å². The lowest BCUT2D eigenvalue weighted by atomic mass is 10.1. The summed E-state index contributed by atoms with van der Waals surface area (Å²) in [6, 6.07) is 5.73. The zero-order valence-electron chi connectivity index (χ0n) is 17.2. The molecule has 1 aromatic rings. The number of benzene rings is 1. The van der Waals surface area contributed by atoms with Gasteiger partial charge in [-0.15, -0.1) is 0 Å². The van der Waals surface area contributed by atoms with Gasteiger partial charge in [0.05, 0.1) is 32.2 Å². The fourth-order valence-corrected chi connectivity index (χ4v) is 3.89. The van der Waals surface area contributed by atoms with Crippen LogP contribution in [-0.4, -0.2) is 85.8 Å². The highest BCUT2D eigenvalue weighted by Gasteiger charge is 2.29. The molecule has 1 fully saturated rings. The summed E-state index contributed by atoms with van der Waals surface area (Å²) in [5, 5.41) is 0. The summed E-state index contributed by atoms with van der Waals surface area (Å²) in [5.74, 6) is 2.90. The Hall–Kier alpha value is -3.03. The van der Waals surface area contributed by atoms with Crippen LogP contribution in [0, 0.1) is 0 Å². The number of nitrogens with zero attached hydrogens (tertiary/aromatic N) is 5. The predicted molar refractivity (Wildman–Crippen MR) is 112 cm³/mol. The van der Waals surface area contributed by atoms with E-state index in [1.165, 1.54) is 0 Å². The molecule has 3 aliphatic rings. The van der Waals surface area contributed by atoms with E-state index in [0.717, 1.165) is 37.7 Å². The van der Waals surface area contributed by atoms with E-state index in [0.29, 0.717) is 36.2 Å². The molecular weight excluding hydrogens is 370 g/mol. The van der Waals surface area contributed by atoms with E-state index in [1.807, 2.05) is 17.3 Å². The van der Waals surface area contributed by atoms with Crippen molar-refractivity contribution in [3.63, 3.8) is 0 Å². The molecule has 3 heterocycles. The van der Waals surface area contributed by atoms with E-state index in [4.69, 9.17) is 14.5 Å². The van der Waals surface area contributed by atoms with Crippen molar-refractivity contribution in [2.75, 3.05) is 46.9 Å². The minimum absolute atomic E-state index is 0.0429. The van der Waals surface area contributed by atoms with Crippen molar-refractivity contribution in [3.8, 4) is 11.5 Å². The molecule has 154 valence electrons. The molecule has 0 unspecified atom stereocenters. The summed E-state index contributed by atoms with van der Waals surface area (Å²) in [6.45, 7) is 5.77. The van der Waals surface area contributed by atoms with Gasteiger partial charge in [-0.2, -0.15) is 0 Å². The minimum Gasteiger partial charge on any atom is -0.493 e. The monoisotopic (exact) mass is 397 g/mol. The lowest BCUT2D eigenvalue weighted by molar-refractivity contribution is 0.0664. The summed E-state index contributed by atoms with van der Waals surface area (Å²) < 4.78 is 10.7. The molecule has 3 aliphatic heterocycles. The number of hydrogen-bond donors (Lipinski definition) is 0. The normalized spacial score (nSPS) is 20.9. The van der Waals surface area contributed by atoms with Crippen molar-refractivity contribution in [2.24, 2.45) is 9.98 Å². The first-order valence-electron chi connectivity index (χ1n) is 10.00. The van der Waals surface area contributed by atoms with Gasteiger partial charge >= 0.3 is 0 Å². The molecular formula is C21H27N5O3. The zero-order valence-corrected chi connectivity index (χ0v) is 17.2. The second-order valence-electron chi connectivity index (χ2n) is 7.27. The molecule has 0 aromatic heterocycles. The van der Waals surface area contributed by atoms with E-state index in [-0.39, 0.29) is 5.91 Å². The van der Waals surface area contributed by atoms with Crippen molar-refractivity contribution in [1.29, 1.82) is 0 Å².